The van der Waals surface area contributed by atoms with Gasteiger partial charge in [0.1, 0.15) is 0 Å². The van der Waals surface area contributed by atoms with Crippen molar-refractivity contribution in [3.8, 4) is 0 Å². The number of likely N-dealkylation sites (tertiary alicyclic amines) is 1. The molecule has 1 heterocycles. The molecule has 0 amide bonds. The lowest BCUT2D eigenvalue weighted by Crippen LogP contribution is -2.41. The quantitative estimate of drug-likeness (QED) is 0.205. The van der Waals surface area contributed by atoms with E-state index in [1.54, 1.807) is 7.05 Å². The van der Waals surface area contributed by atoms with Gasteiger partial charge in [0.2, 0.25) is 10.0 Å². The van der Waals surface area contributed by atoms with Gasteiger partial charge in [-0.2, -0.15) is 0 Å². The maximum atomic E-state index is 11.5. The second kappa shape index (κ2) is 14.0. The molecule has 0 aromatic rings. The standard InChI is InChI=1S/C17H37N5O2S.HI/c1-5-22(25(4,23)24)13-7-11-20-17(18-3)19-10-6-12-21-14-8-16(2)9-15-21;/h16H,5-15H2,1-4H3,(H2,18,19,20);1H. The lowest BCUT2D eigenvalue weighted by molar-refractivity contribution is 0.191. The molecular weight excluding hydrogens is 465 g/mol. The summed E-state index contributed by atoms with van der Waals surface area (Å²) in [6.45, 7) is 10.4. The molecule has 1 rings (SSSR count). The Labute approximate surface area is 177 Å². The Balaban J connectivity index is 0.00000625. The summed E-state index contributed by atoms with van der Waals surface area (Å²) in [5.41, 5.74) is 0. The van der Waals surface area contributed by atoms with E-state index in [0.29, 0.717) is 19.6 Å². The van der Waals surface area contributed by atoms with Crippen molar-refractivity contribution in [3.63, 3.8) is 0 Å². The van der Waals surface area contributed by atoms with E-state index in [0.717, 1.165) is 37.8 Å². The van der Waals surface area contributed by atoms with Crippen LogP contribution in [0.2, 0.25) is 0 Å². The van der Waals surface area contributed by atoms with E-state index >= 15 is 0 Å². The molecule has 0 atom stereocenters. The number of aliphatic imine (C=N–C) groups is 1. The van der Waals surface area contributed by atoms with E-state index in [4.69, 9.17) is 0 Å². The summed E-state index contributed by atoms with van der Waals surface area (Å²) in [5, 5.41) is 6.58. The van der Waals surface area contributed by atoms with Crippen molar-refractivity contribution in [2.24, 2.45) is 10.9 Å². The van der Waals surface area contributed by atoms with Gasteiger partial charge < -0.3 is 15.5 Å². The van der Waals surface area contributed by atoms with Gasteiger partial charge in [-0.1, -0.05) is 13.8 Å². The number of rotatable bonds is 10. The summed E-state index contributed by atoms with van der Waals surface area (Å²) in [6, 6.07) is 0. The first-order valence-corrected chi connectivity index (χ1v) is 11.3. The smallest absolute Gasteiger partial charge is 0.211 e. The molecule has 0 aliphatic carbocycles. The molecule has 0 unspecified atom stereocenters. The Morgan fingerprint density at radius 2 is 1.77 bits per heavy atom. The Hall–Kier alpha value is -0.130. The van der Waals surface area contributed by atoms with Crippen molar-refractivity contribution in [2.45, 2.75) is 39.5 Å². The maximum absolute atomic E-state index is 11.5. The zero-order valence-corrected chi connectivity index (χ0v) is 20.0. The third-order valence-electron chi connectivity index (χ3n) is 4.74. The highest BCUT2D eigenvalue weighted by molar-refractivity contribution is 14.0. The second-order valence-corrected chi connectivity index (χ2v) is 8.89. The van der Waals surface area contributed by atoms with Crippen LogP contribution in [-0.2, 0) is 10.0 Å². The Bertz CT molecular complexity index is 493. The molecule has 0 spiro atoms. The first-order valence-electron chi connectivity index (χ1n) is 9.48. The summed E-state index contributed by atoms with van der Waals surface area (Å²) in [6.07, 6.45) is 5.76. The van der Waals surface area contributed by atoms with Gasteiger partial charge in [0, 0.05) is 33.2 Å². The monoisotopic (exact) mass is 503 g/mol. The third kappa shape index (κ3) is 10.9. The molecule has 1 saturated heterocycles. The molecule has 1 aliphatic rings. The van der Waals surface area contributed by atoms with Gasteiger partial charge in [0.25, 0.3) is 0 Å². The van der Waals surface area contributed by atoms with Crippen LogP contribution in [0.25, 0.3) is 0 Å². The van der Waals surface area contributed by atoms with E-state index in [2.05, 4.69) is 27.4 Å². The van der Waals surface area contributed by atoms with Gasteiger partial charge in [-0.3, -0.25) is 4.99 Å². The van der Waals surface area contributed by atoms with Crippen LogP contribution in [0.15, 0.2) is 4.99 Å². The summed E-state index contributed by atoms with van der Waals surface area (Å²) < 4.78 is 24.6. The van der Waals surface area contributed by atoms with Crippen LogP contribution in [-0.4, -0.2) is 82.7 Å². The zero-order chi connectivity index (χ0) is 18.7. The minimum Gasteiger partial charge on any atom is -0.356 e. The van der Waals surface area contributed by atoms with Crippen molar-refractivity contribution >= 4 is 40.0 Å². The van der Waals surface area contributed by atoms with Gasteiger partial charge in [0.15, 0.2) is 5.96 Å². The average molecular weight is 503 g/mol. The number of nitrogens with zero attached hydrogens (tertiary/aromatic N) is 3. The van der Waals surface area contributed by atoms with Crippen molar-refractivity contribution in [3.05, 3.63) is 0 Å². The Kier molecular flexibility index (Phi) is 13.9. The van der Waals surface area contributed by atoms with E-state index < -0.39 is 10.0 Å². The maximum Gasteiger partial charge on any atom is 0.211 e. The largest absolute Gasteiger partial charge is 0.356 e. The molecule has 0 aromatic carbocycles. The van der Waals surface area contributed by atoms with E-state index in [9.17, 15) is 8.42 Å². The van der Waals surface area contributed by atoms with Crippen molar-refractivity contribution in [1.82, 2.24) is 19.8 Å². The normalized spacial score (nSPS) is 17.2. The molecule has 9 heteroatoms. The fraction of sp³-hybridized carbons (Fsp3) is 0.941. The Morgan fingerprint density at radius 3 is 2.27 bits per heavy atom. The molecule has 26 heavy (non-hydrogen) atoms. The number of hydrogen-bond acceptors (Lipinski definition) is 4. The molecule has 0 radical (unpaired) electrons. The van der Waals surface area contributed by atoms with Gasteiger partial charge in [0.05, 0.1) is 6.26 Å². The summed E-state index contributed by atoms with van der Waals surface area (Å²) in [4.78, 5) is 6.76. The van der Waals surface area contributed by atoms with Crippen LogP contribution in [0.4, 0.5) is 0 Å². The van der Waals surface area contributed by atoms with Crippen LogP contribution in [0.1, 0.15) is 39.5 Å². The summed E-state index contributed by atoms with van der Waals surface area (Å²) in [7, 11) is -1.34. The molecular formula is C17H38IN5O2S. The number of guanidine groups is 1. The third-order valence-corrected chi connectivity index (χ3v) is 6.12. The van der Waals surface area contributed by atoms with Crippen LogP contribution in [0, 0.1) is 5.92 Å². The number of nitrogens with one attached hydrogen (secondary N) is 2. The highest BCUT2D eigenvalue weighted by atomic mass is 127. The molecule has 1 fully saturated rings. The number of sulfonamides is 1. The topological polar surface area (TPSA) is 77.0 Å². The van der Waals surface area contributed by atoms with Crippen LogP contribution >= 0.6 is 24.0 Å². The lowest BCUT2D eigenvalue weighted by Gasteiger charge is -2.30. The lowest BCUT2D eigenvalue weighted by atomic mass is 9.99. The molecule has 0 aromatic heterocycles. The minimum absolute atomic E-state index is 0. The zero-order valence-electron chi connectivity index (χ0n) is 16.8. The minimum atomic E-state index is -3.10. The number of halogens is 1. The van der Waals surface area contributed by atoms with E-state index in [1.807, 2.05) is 6.92 Å². The van der Waals surface area contributed by atoms with Gasteiger partial charge >= 0.3 is 0 Å². The molecule has 2 N–H and O–H groups in total. The number of piperidine rings is 1. The fourth-order valence-electron chi connectivity index (χ4n) is 3.04. The van der Waals surface area contributed by atoms with Crippen LogP contribution < -0.4 is 10.6 Å². The molecule has 0 bridgehead atoms. The molecule has 1 aliphatic heterocycles. The predicted octanol–water partition coefficient (Wildman–Crippen LogP) is 1.56. The van der Waals surface area contributed by atoms with Crippen molar-refractivity contribution in [2.75, 3.05) is 59.1 Å². The highest BCUT2D eigenvalue weighted by Crippen LogP contribution is 2.15. The highest BCUT2D eigenvalue weighted by Gasteiger charge is 2.15. The van der Waals surface area contributed by atoms with Crippen molar-refractivity contribution < 1.29 is 8.42 Å². The van der Waals surface area contributed by atoms with Gasteiger partial charge in [-0.05, 0) is 51.2 Å². The SMILES string of the molecule is CCN(CCCNC(=NC)NCCCN1CCC(C)CC1)S(C)(=O)=O.I. The fourth-order valence-corrected chi connectivity index (χ4v) is 3.97. The Morgan fingerprint density at radius 1 is 1.19 bits per heavy atom. The van der Waals surface area contributed by atoms with Crippen LogP contribution in [0.3, 0.4) is 0 Å². The first-order chi connectivity index (χ1) is 11.9. The molecule has 156 valence electrons. The van der Waals surface area contributed by atoms with Crippen LogP contribution in [0.5, 0.6) is 0 Å². The summed E-state index contributed by atoms with van der Waals surface area (Å²) in [5.74, 6) is 1.67. The van der Waals surface area contributed by atoms with Gasteiger partial charge in [-0.25, -0.2) is 12.7 Å². The average Bonchev–Trinajstić information content (AvgIpc) is 2.57. The first kappa shape index (κ1) is 25.9. The van der Waals surface area contributed by atoms with E-state index in [1.165, 1.54) is 36.5 Å². The second-order valence-electron chi connectivity index (χ2n) is 6.91. The molecule has 0 saturated carbocycles. The number of hydrogen-bond donors (Lipinski definition) is 2. The van der Waals surface area contributed by atoms with Crippen molar-refractivity contribution in [1.29, 1.82) is 0 Å². The summed E-state index contributed by atoms with van der Waals surface area (Å²) >= 11 is 0. The van der Waals surface area contributed by atoms with E-state index in [-0.39, 0.29) is 24.0 Å². The molecule has 7 nitrogen and oxygen atoms in total. The predicted molar refractivity (Wildman–Crippen MR) is 121 cm³/mol. The van der Waals surface area contributed by atoms with Gasteiger partial charge in [-0.15, -0.1) is 24.0 Å².